The van der Waals surface area contributed by atoms with E-state index in [0.717, 1.165) is 58.7 Å². The second-order valence-electron chi connectivity index (χ2n) is 13.3. The van der Waals surface area contributed by atoms with Crippen molar-refractivity contribution in [3.63, 3.8) is 0 Å². The van der Waals surface area contributed by atoms with Crippen LogP contribution in [0.4, 0.5) is 0 Å². The van der Waals surface area contributed by atoms with Crippen LogP contribution in [-0.2, 0) is 58.8 Å². The molecule has 322 valence electrons. The molecule has 0 amide bonds. The molecule has 0 spiro atoms. The van der Waals surface area contributed by atoms with Crippen molar-refractivity contribution in [2.45, 2.75) is 103 Å². The van der Waals surface area contributed by atoms with Crippen molar-refractivity contribution in [3.8, 4) is 0 Å². The number of benzene rings is 3. The molecule has 3 rings (SSSR count). The average molecular weight is 875 g/mol. The van der Waals surface area contributed by atoms with Crippen molar-refractivity contribution >= 4 is 53.1 Å². The van der Waals surface area contributed by atoms with Gasteiger partial charge in [-0.15, -0.1) is 0 Å². The van der Waals surface area contributed by atoms with Crippen LogP contribution < -0.4 is 0 Å². The van der Waals surface area contributed by atoms with Crippen molar-refractivity contribution in [2.75, 3.05) is 51.1 Å². The lowest BCUT2D eigenvalue weighted by Gasteiger charge is -2.28. The fraction of sp³-hybridized carbons (Fsp3) is 0.545. The fourth-order valence-corrected chi connectivity index (χ4v) is 14.5. The van der Waals surface area contributed by atoms with Gasteiger partial charge in [-0.05, 0) is 88.1 Å². The summed E-state index contributed by atoms with van der Waals surface area (Å²) in [4.78, 5) is 26.3. The lowest BCUT2D eigenvalue weighted by molar-refractivity contribution is -0.146. The quantitative estimate of drug-likeness (QED) is 0.0339. The van der Waals surface area contributed by atoms with Gasteiger partial charge in [0.05, 0.1) is 12.8 Å². The highest BCUT2D eigenvalue weighted by molar-refractivity contribution is 7.99. The van der Waals surface area contributed by atoms with Gasteiger partial charge in [-0.2, -0.15) is 23.5 Å². The zero-order chi connectivity index (χ0) is 41.9. The molecule has 0 N–H and O–H groups in total. The first-order valence-electron chi connectivity index (χ1n) is 20.8. The maximum absolute atomic E-state index is 13.1. The van der Waals surface area contributed by atoms with Gasteiger partial charge in [-0.1, -0.05) is 84.9 Å². The van der Waals surface area contributed by atoms with E-state index < -0.39 is 17.6 Å². The first kappa shape index (κ1) is 49.9. The monoisotopic (exact) mass is 874 g/mol. The summed E-state index contributed by atoms with van der Waals surface area (Å²) in [6.45, 7) is 15.4. The topological polar surface area (TPSA) is 108 Å². The van der Waals surface area contributed by atoms with Gasteiger partial charge in [0.2, 0.25) is 0 Å². The Hall–Kier alpha value is -2.51. The molecule has 0 saturated carbocycles. The molecular weight excluding hydrogens is 809 g/mol. The normalized spacial score (nSPS) is 12.9. The minimum absolute atomic E-state index is 0.0460. The third-order valence-electron chi connectivity index (χ3n) is 8.95. The minimum Gasteiger partial charge on any atom is -0.461 e. The van der Waals surface area contributed by atoms with Crippen LogP contribution in [0.25, 0.3) is 0 Å². The van der Waals surface area contributed by atoms with Crippen LogP contribution in [0.2, 0.25) is 12.1 Å². The minimum atomic E-state index is -2.72. The van der Waals surface area contributed by atoms with Crippen molar-refractivity contribution in [2.24, 2.45) is 0 Å². The highest BCUT2D eigenvalue weighted by Gasteiger charge is 2.40. The van der Waals surface area contributed by atoms with E-state index in [2.05, 4.69) is 24.3 Å². The standard InChI is InChI=1S/C44H66O10S2Si2/c1-7-49-57(50-8-2,51-9-3)31-19-29-55-41(39-21-15-13-16-22-39)33-43(45)47-35-37-25-27-38(28-26-37)36-48-44(46)34-42(40-23-17-14-18-24-40)56-30-20-32-58(52-10-4,53-11-5)54-12-6/h13-18,21-28,41-42H,7-12,19-20,29-36H2,1-6H3. The van der Waals surface area contributed by atoms with Gasteiger partial charge in [0.15, 0.2) is 0 Å². The molecule has 0 fully saturated rings. The molecule has 0 bridgehead atoms. The highest BCUT2D eigenvalue weighted by Crippen LogP contribution is 2.35. The first-order valence-corrected chi connectivity index (χ1v) is 26.8. The Labute approximate surface area is 358 Å². The van der Waals surface area contributed by atoms with Gasteiger partial charge in [-0.3, -0.25) is 9.59 Å². The van der Waals surface area contributed by atoms with Gasteiger partial charge in [0.1, 0.15) is 13.2 Å². The predicted molar refractivity (Wildman–Crippen MR) is 239 cm³/mol. The van der Waals surface area contributed by atoms with E-state index in [1.54, 1.807) is 23.5 Å². The second-order valence-corrected chi connectivity index (χ2v) is 21.3. The molecule has 3 aromatic rings. The average Bonchev–Trinajstić information content (AvgIpc) is 3.23. The maximum Gasteiger partial charge on any atom is 0.500 e. The Kier molecular flexibility index (Phi) is 24.8. The Morgan fingerprint density at radius 3 is 1.09 bits per heavy atom. The molecule has 0 aliphatic carbocycles. The summed E-state index contributed by atoms with van der Waals surface area (Å²) in [7, 11) is -5.44. The molecule has 0 saturated heterocycles. The summed E-state index contributed by atoms with van der Waals surface area (Å²) < 4.78 is 47.6. The zero-order valence-corrected chi connectivity index (χ0v) is 39.1. The van der Waals surface area contributed by atoms with Gasteiger partial charge < -0.3 is 36.0 Å². The fourth-order valence-electron chi connectivity index (χ4n) is 6.39. The Bertz CT molecular complexity index is 1390. The van der Waals surface area contributed by atoms with Crippen LogP contribution in [0, 0.1) is 0 Å². The summed E-state index contributed by atoms with van der Waals surface area (Å²) in [5.74, 6) is 1.14. The number of hydrogen-bond acceptors (Lipinski definition) is 12. The molecule has 0 aliphatic heterocycles. The van der Waals surface area contributed by atoms with Crippen molar-refractivity contribution in [1.82, 2.24) is 0 Å². The number of esters is 2. The number of rotatable bonds is 32. The molecule has 2 unspecified atom stereocenters. The Balaban J connectivity index is 1.49. The van der Waals surface area contributed by atoms with Crippen LogP contribution in [0.5, 0.6) is 0 Å². The number of carbonyl (C=O) groups is 2. The summed E-state index contributed by atoms with van der Waals surface area (Å²) in [5, 5.41) is -0.0920. The molecule has 0 aromatic heterocycles. The van der Waals surface area contributed by atoms with Crippen molar-refractivity contribution < 1.29 is 45.6 Å². The smallest absolute Gasteiger partial charge is 0.461 e. The zero-order valence-electron chi connectivity index (χ0n) is 35.5. The largest absolute Gasteiger partial charge is 0.500 e. The summed E-state index contributed by atoms with van der Waals surface area (Å²) in [6.07, 6.45) is 2.22. The van der Waals surface area contributed by atoms with Gasteiger partial charge in [-0.25, -0.2) is 0 Å². The van der Waals surface area contributed by atoms with Gasteiger partial charge >= 0.3 is 29.5 Å². The third-order valence-corrected chi connectivity index (χ3v) is 18.0. The number of hydrogen-bond donors (Lipinski definition) is 0. The predicted octanol–water partition coefficient (Wildman–Crippen LogP) is 10.4. The van der Waals surface area contributed by atoms with Crippen LogP contribution in [0.3, 0.4) is 0 Å². The molecule has 3 aromatic carbocycles. The number of carbonyl (C=O) groups excluding carboxylic acids is 2. The van der Waals surface area contributed by atoms with E-state index in [-0.39, 0.29) is 48.5 Å². The lowest BCUT2D eigenvalue weighted by atomic mass is 10.1. The molecule has 58 heavy (non-hydrogen) atoms. The van der Waals surface area contributed by atoms with Gasteiger partial charge in [0, 0.05) is 62.2 Å². The van der Waals surface area contributed by atoms with E-state index in [1.807, 2.05) is 102 Å². The molecule has 0 aliphatic rings. The van der Waals surface area contributed by atoms with Crippen LogP contribution in [0.15, 0.2) is 84.9 Å². The first-order chi connectivity index (χ1) is 28.2. The van der Waals surface area contributed by atoms with E-state index >= 15 is 0 Å². The summed E-state index contributed by atoms with van der Waals surface area (Å²) in [5.41, 5.74) is 3.90. The molecule has 10 nitrogen and oxygen atoms in total. The maximum atomic E-state index is 13.1. The van der Waals surface area contributed by atoms with Crippen molar-refractivity contribution in [3.05, 3.63) is 107 Å². The van der Waals surface area contributed by atoms with Crippen molar-refractivity contribution in [1.29, 1.82) is 0 Å². The number of thioether (sulfide) groups is 2. The van der Waals surface area contributed by atoms with E-state index in [9.17, 15) is 9.59 Å². The Morgan fingerprint density at radius 1 is 0.483 bits per heavy atom. The summed E-state index contributed by atoms with van der Waals surface area (Å²) >= 11 is 3.48. The van der Waals surface area contributed by atoms with Crippen LogP contribution in [-0.4, -0.2) is 80.7 Å². The molecule has 2 atom stereocenters. The molecule has 14 heteroatoms. The lowest BCUT2D eigenvalue weighted by Crippen LogP contribution is -2.46. The SMILES string of the molecule is CCO[Si](CCCSC(CC(=O)OCc1ccc(COC(=O)CC(SCCC[Si](OCC)(OCC)OCC)c2ccccc2)cc1)c1ccccc1)(OCC)OCC. The van der Waals surface area contributed by atoms with E-state index in [4.69, 9.17) is 36.0 Å². The second kappa shape index (κ2) is 28.9. The van der Waals surface area contributed by atoms with Crippen LogP contribution in [0.1, 0.15) is 100.0 Å². The third kappa shape index (κ3) is 18.4. The number of ether oxygens (including phenoxy) is 2. The van der Waals surface area contributed by atoms with E-state index in [1.165, 1.54) is 0 Å². The highest BCUT2D eigenvalue weighted by atomic mass is 32.2. The van der Waals surface area contributed by atoms with Gasteiger partial charge in [0.25, 0.3) is 0 Å². The molecule has 0 radical (unpaired) electrons. The molecular formula is C44H66O10S2Si2. The summed E-state index contributed by atoms with van der Waals surface area (Å²) in [6, 6.07) is 29.2. The van der Waals surface area contributed by atoms with E-state index in [0.29, 0.717) is 39.6 Å². The molecule has 0 heterocycles. The van der Waals surface area contributed by atoms with Crippen LogP contribution >= 0.6 is 23.5 Å². The Morgan fingerprint density at radius 2 is 0.793 bits per heavy atom.